The van der Waals surface area contributed by atoms with Crippen molar-refractivity contribution in [3.05, 3.63) is 0 Å². The molecule has 0 aromatic rings. The zero-order chi connectivity index (χ0) is 14.7. The lowest BCUT2D eigenvalue weighted by molar-refractivity contribution is 0.0288. The zero-order valence-electron chi connectivity index (χ0n) is 14.5. The van der Waals surface area contributed by atoms with Gasteiger partial charge in [-0.1, -0.05) is 6.92 Å². The molecule has 0 spiro atoms. The number of nitrogens with zero attached hydrogens (tertiary/aromatic N) is 3. The van der Waals surface area contributed by atoms with Gasteiger partial charge in [0.2, 0.25) is 0 Å². The molecule has 0 aromatic heterocycles. The van der Waals surface area contributed by atoms with Crippen molar-refractivity contribution in [1.29, 1.82) is 0 Å². The molecule has 0 radical (unpaired) electrons. The lowest BCUT2D eigenvalue weighted by Crippen LogP contribution is -2.56. The number of hydrogen-bond acceptors (Lipinski definition) is 4. The summed E-state index contributed by atoms with van der Waals surface area (Å²) >= 11 is 0. The van der Waals surface area contributed by atoms with Gasteiger partial charge in [-0.2, -0.15) is 0 Å². The van der Waals surface area contributed by atoms with Crippen LogP contribution < -0.4 is 5.32 Å². The molecule has 3 aliphatic rings. The van der Waals surface area contributed by atoms with Crippen molar-refractivity contribution in [2.75, 3.05) is 66.0 Å². The Morgan fingerprint density at radius 1 is 0.955 bits per heavy atom. The van der Waals surface area contributed by atoms with Crippen LogP contribution >= 0.6 is 12.4 Å². The Balaban J connectivity index is 0.00000176. The highest BCUT2D eigenvalue weighted by atomic mass is 35.5. The maximum Gasteiger partial charge on any atom is 0.0146 e. The fraction of sp³-hybridized carbons (Fsp3) is 1.00. The lowest BCUT2D eigenvalue weighted by Gasteiger charge is -2.46. The van der Waals surface area contributed by atoms with Gasteiger partial charge in [0.05, 0.1) is 0 Å². The zero-order valence-corrected chi connectivity index (χ0v) is 15.3. The molecule has 4 nitrogen and oxygen atoms in total. The Kier molecular flexibility index (Phi) is 7.42. The predicted octanol–water partition coefficient (Wildman–Crippen LogP) is 1.37. The molecule has 0 amide bonds. The molecule has 3 fully saturated rings. The van der Waals surface area contributed by atoms with E-state index in [1.54, 1.807) is 0 Å². The standard InChI is InChI=1S/C17H34N4.ClH/c1-15-13-20(14-16-3-6-18-7-4-16)8-5-17(15)21-11-9-19(2)10-12-21;/h15-18H,3-14H2,1-2H3;1H. The monoisotopic (exact) mass is 330 g/mol. The molecule has 0 bridgehead atoms. The second kappa shape index (κ2) is 8.84. The Hall–Kier alpha value is 0.130. The van der Waals surface area contributed by atoms with E-state index in [9.17, 15) is 0 Å². The molecule has 0 saturated carbocycles. The maximum atomic E-state index is 3.49. The van der Waals surface area contributed by atoms with Crippen LogP contribution in [0.3, 0.4) is 0 Å². The molecule has 22 heavy (non-hydrogen) atoms. The molecule has 2 unspecified atom stereocenters. The number of hydrogen-bond donors (Lipinski definition) is 1. The van der Waals surface area contributed by atoms with Crippen LogP contribution in [0.25, 0.3) is 0 Å². The summed E-state index contributed by atoms with van der Waals surface area (Å²) in [6.45, 7) is 14.0. The SMILES string of the molecule is CC1CN(CC2CCNCC2)CCC1N1CCN(C)CC1.Cl. The number of rotatable bonds is 3. The van der Waals surface area contributed by atoms with E-state index in [1.807, 2.05) is 0 Å². The van der Waals surface area contributed by atoms with E-state index in [1.165, 1.54) is 78.2 Å². The summed E-state index contributed by atoms with van der Waals surface area (Å²) in [5, 5.41) is 3.49. The van der Waals surface area contributed by atoms with Crippen molar-refractivity contribution in [3.8, 4) is 0 Å². The maximum absolute atomic E-state index is 3.49. The summed E-state index contributed by atoms with van der Waals surface area (Å²) < 4.78 is 0. The first-order valence-corrected chi connectivity index (χ1v) is 9.08. The van der Waals surface area contributed by atoms with Gasteiger partial charge in [0.1, 0.15) is 0 Å². The second-order valence-electron chi connectivity index (χ2n) is 7.63. The van der Waals surface area contributed by atoms with Crippen molar-refractivity contribution in [2.24, 2.45) is 11.8 Å². The average Bonchev–Trinajstić information content (AvgIpc) is 2.50. The van der Waals surface area contributed by atoms with Crippen LogP contribution in [0.5, 0.6) is 0 Å². The molecular weight excluding hydrogens is 296 g/mol. The van der Waals surface area contributed by atoms with E-state index in [2.05, 4.69) is 34.0 Å². The van der Waals surface area contributed by atoms with Gasteiger partial charge in [0.15, 0.2) is 0 Å². The number of piperazine rings is 1. The molecule has 0 aromatic carbocycles. The van der Waals surface area contributed by atoms with Crippen molar-refractivity contribution in [1.82, 2.24) is 20.0 Å². The summed E-state index contributed by atoms with van der Waals surface area (Å²) in [5.74, 6) is 1.78. The van der Waals surface area contributed by atoms with Crippen LogP contribution in [0.4, 0.5) is 0 Å². The van der Waals surface area contributed by atoms with Crippen LogP contribution in [0.15, 0.2) is 0 Å². The first-order valence-electron chi connectivity index (χ1n) is 9.08. The van der Waals surface area contributed by atoms with Gasteiger partial charge in [0, 0.05) is 45.3 Å². The van der Waals surface area contributed by atoms with Gasteiger partial charge >= 0.3 is 0 Å². The third-order valence-corrected chi connectivity index (χ3v) is 5.93. The Labute approximate surface area is 143 Å². The Morgan fingerprint density at radius 2 is 1.64 bits per heavy atom. The highest BCUT2D eigenvalue weighted by Crippen LogP contribution is 2.25. The van der Waals surface area contributed by atoms with Crippen LogP contribution in [-0.4, -0.2) is 86.7 Å². The van der Waals surface area contributed by atoms with Gasteiger partial charge < -0.3 is 15.1 Å². The van der Waals surface area contributed by atoms with E-state index in [0.717, 1.165) is 17.9 Å². The molecule has 3 heterocycles. The van der Waals surface area contributed by atoms with Crippen molar-refractivity contribution < 1.29 is 0 Å². The molecule has 0 aliphatic carbocycles. The molecule has 5 heteroatoms. The minimum Gasteiger partial charge on any atom is -0.317 e. The summed E-state index contributed by atoms with van der Waals surface area (Å²) in [6, 6.07) is 0.836. The van der Waals surface area contributed by atoms with Crippen LogP contribution in [0, 0.1) is 11.8 Å². The average molecular weight is 331 g/mol. The fourth-order valence-corrected chi connectivity index (χ4v) is 4.51. The highest BCUT2D eigenvalue weighted by molar-refractivity contribution is 5.85. The highest BCUT2D eigenvalue weighted by Gasteiger charge is 2.32. The Bertz CT molecular complexity index is 314. The van der Waals surface area contributed by atoms with Crippen LogP contribution in [-0.2, 0) is 0 Å². The van der Waals surface area contributed by atoms with Crippen LogP contribution in [0.1, 0.15) is 26.2 Å². The van der Waals surface area contributed by atoms with Gasteiger partial charge in [-0.25, -0.2) is 0 Å². The smallest absolute Gasteiger partial charge is 0.0146 e. The number of likely N-dealkylation sites (N-methyl/N-ethyl adjacent to an activating group) is 1. The van der Waals surface area contributed by atoms with E-state index in [0.29, 0.717) is 0 Å². The van der Waals surface area contributed by atoms with Crippen molar-refractivity contribution >= 4 is 12.4 Å². The van der Waals surface area contributed by atoms with Crippen LogP contribution in [0.2, 0.25) is 0 Å². The molecule has 3 saturated heterocycles. The van der Waals surface area contributed by atoms with Gasteiger partial charge in [-0.3, -0.25) is 4.90 Å². The molecule has 3 aliphatic heterocycles. The summed E-state index contributed by atoms with van der Waals surface area (Å²) in [5.41, 5.74) is 0. The third-order valence-electron chi connectivity index (χ3n) is 5.93. The summed E-state index contributed by atoms with van der Waals surface area (Å²) in [7, 11) is 2.25. The first-order chi connectivity index (χ1) is 10.2. The number of nitrogens with one attached hydrogen (secondary N) is 1. The minimum absolute atomic E-state index is 0. The van der Waals surface area contributed by atoms with Crippen molar-refractivity contribution in [2.45, 2.75) is 32.2 Å². The minimum atomic E-state index is 0. The summed E-state index contributed by atoms with van der Waals surface area (Å²) in [4.78, 5) is 7.99. The van der Waals surface area contributed by atoms with E-state index in [4.69, 9.17) is 0 Å². The molecule has 2 atom stereocenters. The van der Waals surface area contributed by atoms with Crippen molar-refractivity contribution in [3.63, 3.8) is 0 Å². The predicted molar refractivity (Wildman–Crippen MR) is 95.9 cm³/mol. The molecule has 1 N–H and O–H groups in total. The number of halogens is 1. The summed E-state index contributed by atoms with van der Waals surface area (Å²) in [6.07, 6.45) is 4.15. The van der Waals surface area contributed by atoms with E-state index >= 15 is 0 Å². The first kappa shape index (κ1) is 18.5. The molecular formula is C17H35ClN4. The second-order valence-corrected chi connectivity index (χ2v) is 7.63. The molecule has 3 rings (SSSR count). The fourth-order valence-electron chi connectivity index (χ4n) is 4.51. The van der Waals surface area contributed by atoms with Gasteiger partial charge in [-0.15, -0.1) is 12.4 Å². The van der Waals surface area contributed by atoms with E-state index in [-0.39, 0.29) is 12.4 Å². The van der Waals surface area contributed by atoms with Gasteiger partial charge in [0.25, 0.3) is 0 Å². The third kappa shape index (κ3) is 4.81. The van der Waals surface area contributed by atoms with Gasteiger partial charge in [-0.05, 0) is 57.8 Å². The topological polar surface area (TPSA) is 21.8 Å². The van der Waals surface area contributed by atoms with E-state index < -0.39 is 0 Å². The largest absolute Gasteiger partial charge is 0.317 e. The number of likely N-dealkylation sites (tertiary alicyclic amines) is 1. The normalized spacial score (nSPS) is 33.5. The quantitative estimate of drug-likeness (QED) is 0.843. The lowest BCUT2D eigenvalue weighted by atomic mass is 9.90. The molecule has 130 valence electrons. The Morgan fingerprint density at radius 3 is 2.27 bits per heavy atom. The number of piperidine rings is 2.